The van der Waals surface area contributed by atoms with Gasteiger partial charge in [0.15, 0.2) is 0 Å². The Kier molecular flexibility index (Phi) is 5.13. The first kappa shape index (κ1) is 16.9. The molecule has 0 saturated heterocycles. The van der Waals surface area contributed by atoms with Crippen LogP contribution in [0.3, 0.4) is 0 Å². The van der Waals surface area contributed by atoms with Crippen molar-refractivity contribution in [2.75, 3.05) is 12.8 Å². The van der Waals surface area contributed by atoms with Gasteiger partial charge in [0.2, 0.25) is 10.0 Å². The smallest absolute Gasteiger partial charge is 0.209 e. The van der Waals surface area contributed by atoms with Crippen LogP contribution in [0.1, 0.15) is 31.4 Å². The van der Waals surface area contributed by atoms with E-state index < -0.39 is 15.6 Å². The van der Waals surface area contributed by atoms with Crippen LogP contribution in [0.25, 0.3) is 0 Å². The maximum atomic E-state index is 11.4. The van der Waals surface area contributed by atoms with Crippen molar-refractivity contribution in [3.05, 3.63) is 33.8 Å². The van der Waals surface area contributed by atoms with E-state index in [0.29, 0.717) is 12.6 Å². The van der Waals surface area contributed by atoms with E-state index in [1.807, 2.05) is 13.8 Å². The Labute approximate surface area is 135 Å². The summed E-state index contributed by atoms with van der Waals surface area (Å²) in [6.45, 7) is 4.42. The molecule has 0 aromatic heterocycles. The van der Waals surface area contributed by atoms with E-state index >= 15 is 0 Å². The second kappa shape index (κ2) is 6.36. The van der Waals surface area contributed by atoms with Crippen molar-refractivity contribution >= 4 is 26.0 Å². The predicted octanol–water partition coefficient (Wildman–Crippen LogP) is 2.22. The van der Waals surface area contributed by atoms with E-state index in [-0.39, 0.29) is 0 Å². The third-order valence-corrected chi connectivity index (χ3v) is 5.11. The zero-order valence-corrected chi connectivity index (χ0v) is 15.1. The van der Waals surface area contributed by atoms with Gasteiger partial charge in [0, 0.05) is 22.6 Å². The molecule has 4 nitrogen and oxygen atoms in total. The van der Waals surface area contributed by atoms with Gasteiger partial charge in [0.1, 0.15) is 0 Å². The lowest BCUT2D eigenvalue weighted by molar-refractivity contribution is 0.369. The fraction of sp³-hybridized carbons (Fsp3) is 0.600. The second-order valence-electron chi connectivity index (χ2n) is 6.49. The minimum atomic E-state index is -3.18. The minimum absolute atomic E-state index is 0.402. The van der Waals surface area contributed by atoms with Crippen LogP contribution in [0.4, 0.5) is 0 Å². The lowest BCUT2D eigenvalue weighted by Crippen LogP contribution is -2.52. The quantitative estimate of drug-likeness (QED) is 0.830. The zero-order chi connectivity index (χ0) is 15.7. The van der Waals surface area contributed by atoms with Gasteiger partial charge in [0.25, 0.3) is 0 Å². The molecule has 1 aromatic rings. The SMILES string of the molecule is CC(C)(CNC1CCc2cc(Br)ccc2C1)NS(C)(=O)=O. The van der Waals surface area contributed by atoms with E-state index in [2.05, 4.69) is 44.2 Å². The fourth-order valence-corrected chi connectivity index (χ4v) is 4.32. The number of aryl methyl sites for hydroxylation is 1. The van der Waals surface area contributed by atoms with Crippen molar-refractivity contribution in [2.45, 2.75) is 44.7 Å². The maximum Gasteiger partial charge on any atom is 0.209 e. The van der Waals surface area contributed by atoms with Crippen LogP contribution in [-0.4, -0.2) is 32.8 Å². The largest absolute Gasteiger partial charge is 0.312 e. The first-order valence-corrected chi connectivity index (χ1v) is 9.83. The molecule has 0 heterocycles. The summed E-state index contributed by atoms with van der Waals surface area (Å²) in [4.78, 5) is 0. The summed E-state index contributed by atoms with van der Waals surface area (Å²) in [5.41, 5.74) is 2.32. The number of halogens is 1. The van der Waals surface area contributed by atoms with Gasteiger partial charge in [0.05, 0.1) is 6.26 Å². The van der Waals surface area contributed by atoms with Gasteiger partial charge >= 0.3 is 0 Å². The molecule has 0 aliphatic heterocycles. The van der Waals surface area contributed by atoms with Crippen molar-refractivity contribution < 1.29 is 8.42 Å². The van der Waals surface area contributed by atoms with Gasteiger partial charge in [-0.15, -0.1) is 0 Å². The summed E-state index contributed by atoms with van der Waals surface area (Å²) in [6, 6.07) is 6.85. The predicted molar refractivity (Wildman–Crippen MR) is 90.0 cm³/mol. The molecule has 0 radical (unpaired) electrons. The summed E-state index contributed by atoms with van der Waals surface area (Å²) >= 11 is 3.51. The topological polar surface area (TPSA) is 58.2 Å². The Balaban J connectivity index is 1.92. The Hall–Kier alpha value is -0.430. The van der Waals surface area contributed by atoms with Crippen LogP contribution in [0.15, 0.2) is 22.7 Å². The molecule has 0 bridgehead atoms. The fourth-order valence-electron chi connectivity index (χ4n) is 2.84. The number of hydrogen-bond donors (Lipinski definition) is 2. The Morgan fingerprint density at radius 3 is 2.71 bits per heavy atom. The molecule has 6 heteroatoms. The first-order valence-electron chi connectivity index (χ1n) is 7.14. The lowest BCUT2D eigenvalue weighted by atomic mass is 9.88. The number of rotatable bonds is 5. The van der Waals surface area contributed by atoms with E-state index in [4.69, 9.17) is 0 Å². The molecule has 1 atom stereocenters. The Morgan fingerprint density at radius 1 is 1.33 bits per heavy atom. The Morgan fingerprint density at radius 2 is 2.05 bits per heavy atom. The number of benzene rings is 1. The monoisotopic (exact) mass is 374 g/mol. The number of sulfonamides is 1. The molecule has 1 unspecified atom stereocenters. The molecule has 0 spiro atoms. The maximum absolute atomic E-state index is 11.4. The van der Waals surface area contributed by atoms with Crippen molar-refractivity contribution in [1.29, 1.82) is 0 Å². The molecule has 0 fully saturated rings. The van der Waals surface area contributed by atoms with Crippen LogP contribution in [-0.2, 0) is 22.9 Å². The van der Waals surface area contributed by atoms with E-state index in [0.717, 1.165) is 23.7 Å². The zero-order valence-electron chi connectivity index (χ0n) is 12.7. The van der Waals surface area contributed by atoms with Crippen LogP contribution in [0.2, 0.25) is 0 Å². The number of hydrogen-bond acceptors (Lipinski definition) is 3. The van der Waals surface area contributed by atoms with Crippen LogP contribution in [0, 0.1) is 0 Å². The second-order valence-corrected chi connectivity index (χ2v) is 9.16. The molecule has 1 aromatic carbocycles. The summed E-state index contributed by atoms with van der Waals surface area (Å²) in [6.07, 6.45) is 4.34. The lowest BCUT2D eigenvalue weighted by Gasteiger charge is -2.31. The highest BCUT2D eigenvalue weighted by atomic mass is 79.9. The van der Waals surface area contributed by atoms with Gasteiger partial charge in [-0.2, -0.15) is 0 Å². The molecule has 118 valence electrons. The van der Waals surface area contributed by atoms with Crippen molar-refractivity contribution in [3.63, 3.8) is 0 Å². The van der Waals surface area contributed by atoms with E-state index in [1.165, 1.54) is 17.4 Å². The minimum Gasteiger partial charge on any atom is -0.312 e. The van der Waals surface area contributed by atoms with Crippen LogP contribution < -0.4 is 10.0 Å². The molecule has 1 aliphatic rings. The van der Waals surface area contributed by atoms with Crippen molar-refractivity contribution in [3.8, 4) is 0 Å². The normalized spacial score (nSPS) is 19.3. The molecular formula is C15H23BrN2O2S. The summed E-state index contributed by atoms with van der Waals surface area (Å²) in [5.74, 6) is 0. The highest BCUT2D eigenvalue weighted by Crippen LogP contribution is 2.25. The van der Waals surface area contributed by atoms with Gasteiger partial charge in [-0.25, -0.2) is 13.1 Å². The summed E-state index contributed by atoms with van der Waals surface area (Å²) in [5, 5.41) is 3.50. The average molecular weight is 375 g/mol. The highest BCUT2D eigenvalue weighted by molar-refractivity contribution is 9.10. The van der Waals surface area contributed by atoms with Crippen molar-refractivity contribution in [1.82, 2.24) is 10.0 Å². The first-order chi connectivity index (χ1) is 9.65. The van der Waals surface area contributed by atoms with Crippen LogP contribution in [0.5, 0.6) is 0 Å². The van der Waals surface area contributed by atoms with Crippen LogP contribution >= 0.6 is 15.9 Å². The molecule has 1 aliphatic carbocycles. The Bertz CT molecular complexity index is 614. The van der Waals surface area contributed by atoms with Gasteiger partial charge in [-0.3, -0.25) is 0 Å². The van der Waals surface area contributed by atoms with E-state index in [1.54, 1.807) is 0 Å². The highest BCUT2D eigenvalue weighted by Gasteiger charge is 2.25. The molecule has 21 heavy (non-hydrogen) atoms. The van der Waals surface area contributed by atoms with Gasteiger partial charge in [-0.1, -0.05) is 22.0 Å². The van der Waals surface area contributed by atoms with Crippen molar-refractivity contribution in [2.24, 2.45) is 0 Å². The summed E-state index contributed by atoms with van der Waals surface area (Å²) in [7, 11) is -3.18. The molecule has 2 N–H and O–H groups in total. The van der Waals surface area contributed by atoms with Gasteiger partial charge < -0.3 is 5.32 Å². The summed E-state index contributed by atoms with van der Waals surface area (Å²) < 4.78 is 26.5. The van der Waals surface area contributed by atoms with Gasteiger partial charge in [-0.05, 0) is 56.4 Å². The third kappa shape index (κ3) is 5.36. The average Bonchev–Trinajstić information content (AvgIpc) is 2.33. The number of nitrogens with one attached hydrogen (secondary N) is 2. The van der Waals surface area contributed by atoms with E-state index in [9.17, 15) is 8.42 Å². The standard InChI is InChI=1S/C15H23BrN2O2S/c1-15(2,18-21(3,19)20)10-17-14-7-5-11-8-13(16)6-4-12(11)9-14/h4,6,8,14,17-18H,5,7,9-10H2,1-3H3. The molecule has 0 amide bonds. The molecular weight excluding hydrogens is 352 g/mol. The number of fused-ring (bicyclic) bond motifs is 1. The molecule has 0 saturated carbocycles. The third-order valence-electron chi connectivity index (χ3n) is 3.69. The molecule has 2 rings (SSSR count).